The van der Waals surface area contributed by atoms with Crippen LogP contribution in [0.5, 0.6) is 0 Å². The molecular formula is C16H32N2O2. The number of unbranched alkanes of at least 4 members (excludes halogenated alkanes) is 1. The third-order valence-electron chi connectivity index (χ3n) is 4.59. The van der Waals surface area contributed by atoms with E-state index in [0.29, 0.717) is 12.6 Å². The lowest BCUT2D eigenvalue weighted by Crippen LogP contribution is -2.57. The summed E-state index contributed by atoms with van der Waals surface area (Å²) >= 11 is 0. The van der Waals surface area contributed by atoms with Crippen LogP contribution in [-0.2, 0) is 9.53 Å². The topological polar surface area (TPSA) is 41.6 Å². The summed E-state index contributed by atoms with van der Waals surface area (Å²) in [5.41, 5.74) is -0.474. The third-order valence-corrected chi connectivity index (χ3v) is 4.59. The Hall–Kier alpha value is -0.610. The van der Waals surface area contributed by atoms with Gasteiger partial charge in [-0.05, 0) is 59.2 Å². The number of ether oxygens (including phenoxy) is 1. The second-order valence-corrected chi connectivity index (χ2v) is 5.78. The second kappa shape index (κ2) is 8.63. The van der Waals surface area contributed by atoms with Gasteiger partial charge in [0.2, 0.25) is 0 Å². The van der Waals surface area contributed by atoms with Crippen molar-refractivity contribution in [3.63, 3.8) is 0 Å². The number of nitrogens with one attached hydrogen (secondary N) is 1. The maximum Gasteiger partial charge on any atom is 0.326 e. The molecule has 0 bridgehead atoms. The first-order chi connectivity index (χ1) is 9.63. The fourth-order valence-corrected chi connectivity index (χ4v) is 3.30. The predicted molar refractivity (Wildman–Crippen MR) is 82.8 cm³/mol. The molecule has 20 heavy (non-hydrogen) atoms. The van der Waals surface area contributed by atoms with Crippen LogP contribution in [0.3, 0.4) is 0 Å². The number of rotatable bonds is 8. The van der Waals surface area contributed by atoms with Gasteiger partial charge in [0.05, 0.1) is 6.61 Å². The van der Waals surface area contributed by atoms with Crippen LogP contribution in [0.1, 0.15) is 59.3 Å². The first kappa shape index (κ1) is 17.4. The zero-order valence-electron chi connectivity index (χ0n) is 13.7. The lowest BCUT2D eigenvalue weighted by molar-refractivity contribution is -0.153. The summed E-state index contributed by atoms with van der Waals surface area (Å²) in [7, 11) is 1.89. The van der Waals surface area contributed by atoms with Gasteiger partial charge in [0.1, 0.15) is 5.54 Å². The van der Waals surface area contributed by atoms with Crippen molar-refractivity contribution in [3.8, 4) is 0 Å². The number of hydrogen-bond donors (Lipinski definition) is 1. The summed E-state index contributed by atoms with van der Waals surface area (Å²) < 4.78 is 5.30. The molecule has 0 saturated heterocycles. The van der Waals surface area contributed by atoms with Crippen LogP contribution in [0, 0.1) is 0 Å². The highest BCUT2D eigenvalue weighted by molar-refractivity contribution is 5.81. The van der Waals surface area contributed by atoms with Crippen LogP contribution in [0.4, 0.5) is 0 Å². The van der Waals surface area contributed by atoms with Gasteiger partial charge in [0.25, 0.3) is 0 Å². The molecule has 0 aliphatic heterocycles. The standard InChI is InChI=1S/C16H32N2O2/c1-5-8-12-18(6-2)14-10-9-11-16(13-14,17-4)15(19)20-7-3/h14,17H,5-13H2,1-4H3. The maximum atomic E-state index is 12.3. The van der Waals surface area contributed by atoms with Gasteiger partial charge in [-0.15, -0.1) is 0 Å². The zero-order chi connectivity index (χ0) is 15.0. The van der Waals surface area contributed by atoms with E-state index in [1.807, 2.05) is 14.0 Å². The lowest BCUT2D eigenvalue weighted by atomic mass is 9.78. The Morgan fingerprint density at radius 2 is 2.15 bits per heavy atom. The number of nitrogens with zero attached hydrogens (tertiary/aromatic N) is 1. The Kier molecular flexibility index (Phi) is 7.52. The molecule has 0 aromatic carbocycles. The molecule has 1 aliphatic rings. The molecule has 0 radical (unpaired) electrons. The number of likely N-dealkylation sites (N-methyl/N-ethyl adjacent to an activating group) is 1. The quantitative estimate of drug-likeness (QED) is 0.696. The number of carbonyl (C=O) groups is 1. The highest BCUT2D eigenvalue weighted by Gasteiger charge is 2.43. The van der Waals surface area contributed by atoms with Crippen molar-refractivity contribution in [1.82, 2.24) is 10.2 Å². The minimum Gasteiger partial charge on any atom is -0.465 e. The highest BCUT2D eigenvalue weighted by Crippen LogP contribution is 2.32. The zero-order valence-corrected chi connectivity index (χ0v) is 13.7. The fraction of sp³-hybridized carbons (Fsp3) is 0.938. The molecule has 0 amide bonds. The van der Waals surface area contributed by atoms with Crippen molar-refractivity contribution < 1.29 is 9.53 Å². The summed E-state index contributed by atoms with van der Waals surface area (Å²) in [4.78, 5) is 14.9. The van der Waals surface area contributed by atoms with E-state index in [4.69, 9.17) is 4.74 Å². The van der Waals surface area contributed by atoms with Gasteiger partial charge in [0.15, 0.2) is 0 Å². The summed E-state index contributed by atoms with van der Waals surface area (Å²) in [6.45, 7) is 8.98. The Bertz CT molecular complexity index is 296. The number of hydrogen-bond acceptors (Lipinski definition) is 4. The molecule has 0 aromatic rings. The molecule has 1 rings (SSSR count). The SMILES string of the molecule is CCCCN(CC)C1CCCC(NC)(C(=O)OCC)C1. The van der Waals surface area contributed by atoms with E-state index in [1.165, 1.54) is 19.3 Å². The van der Waals surface area contributed by atoms with Crippen LogP contribution in [0.15, 0.2) is 0 Å². The molecule has 1 fully saturated rings. The normalized spacial score (nSPS) is 26.8. The second-order valence-electron chi connectivity index (χ2n) is 5.78. The minimum absolute atomic E-state index is 0.0706. The smallest absolute Gasteiger partial charge is 0.326 e. The van der Waals surface area contributed by atoms with Gasteiger partial charge in [-0.25, -0.2) is 0 Å². The molecule has 1 N–H and O–H groups in total. The molecule has 4 heteroatoms. The van der Waals surface area contributed by atoms with E-state index in [0.717, 1.165) is 32.4 Å². The molecule has 1 aliphatic carbocycles. The third kappa shape index (κ3) is 4.19. The number of esters is 1. The first-order valence-corrected chi connectivity index (χ1v) is 8.23. The van der Waals surface area contributed by atoms with Crippen molar-refractivity contribution in [3.05, 3.63) is 0 Å². The van der Waals surface area contributed by atoms with Gasteiger partial charge in [-0.3, -0.25) is 4.79 Å². The maximum absolute atomic E-state index is 12.3. The van der Waals surface area contributed by atoms with E-state index in [9.17, 15) is 4.79 Å². The Morgan fingerprint density at radius 3 is 2.70 bits per heavy atom. The minimum atomic E-state index is -0.474. The van der Waals surface area contributed by atoms with Crippen LogP contribution in [0.2, 0.25) is 0 Å². The first-order valence-electron chi connectivity index (χ1n) is 8.23. The molecule has 2 unspecified atom stereocenters. The fourth-order valence-electron chi connectivity index (χ4n) is 3.30. The summed E-state index contributed by atoms with van der Waals surface area (Å²) in [5, 5.41) is 3.27. The lowest BCUT2D eigenvalue weighted by Gasteiger charge is -2.43. The van der Waals surface area contributed by atoms with Gasteiger partial charge >= 0.3 is 5.97 Å². The monoisotopic (exact) mass is 284 g/mol. The van der Waals surface area contributed by atoms with Crippen molar-refractivity contribution in [2.24, 2.45) is 0 Å². The largest absolute Gasteiger partial charge is 0.465 e. The summed E-state index contributed by atoms with van der Waals surface area (Å²) in [6, 6.07) is 0.497. The molecule has 4 nitrogen and oxygen atoms in total. The molecule has 1 saturated carbocycles. The molecule has 0 heterocycles. The van der Waals surface area contributed by atoms with E-state index >= 15 is 0 Å². The van der Waals surface area contributed by atoms with Gasteiger partial charge in [-0.1, -0.05) is 20.3 Å². The van der Waals surface area contributed by atoms with Crippen LogP contribution in [0.25, 0.3) is 0 Å². The Morgan fingerprint density at radius 1 is 1.40 bits per heavy atom. The summed E-state index contributed by atoms with van der Waals surface area (Å²) in [5.74, 6) is -0.0706. The molecule has 0 aromatic heterocycles. The van der Waals surface area contributed by atoms with Crippen molar-refractivity contribution in [2.45, 2.75) is 70.9 Å². The van der Waals surface area contributed by atoms with Crippen LogP contribution in [-0.4, -0.2) is 49.2 Å². The molecule has 2 atom stereocenters. The van der Waals surface area contributed by atoms with Gasteiger partial charge in [0, 0.05) is 6.04 Å². The van der Waals surface area contributed by atoms with E-state index in [1.54, 1.807) is 0 Å². The van der Waals surface area contributed by atoms with E-state index < -0.39 is 5.54 Å². The molecule has 118 valence electrons. The van der Waals surface area contributed by atoms with Crippen molar-refractivity contribution in [2.75, 3.05) is 26.7 Å². The van der Waals surface area contributed by atoms with Crippen molar-refractivity contribution >= 4 is 5.97 Å². The average Bonchev–Trinajstić information content (AvgIpc) is 2.48. The Balaban J connectivity index is 2.73. The molecular weight excluding hydrogens is 252 g/mol. The van der Waals surface area contributed by atoms with Crippen molar-refractivity contribution in [1.29, 1.82) is 0 Å². The number of carbonyl (C=O) groups excluding carboxylic acids is 1. The van der Waals surface area contributed by atoms with E-state index in [-0.39, 0.29) is 5.97 Å². The molecule has 0 spiro atoms. The Labute approximate surface area is 124 Å². The van der Waals surface area contributed by atoms with Gasteiger partial charge < -0.3 is 15.0 Å². The van der Waals surface area contributed by atoms with Crippen LogP contribution < -0.4 is 5.32 Å². The summed E-state index contributed by atoms with van der Waals surface area (Å²) in [6.07, 6.45) is 6.51. The van der Waals surface area contributed by atoms with Gasteiger partial charge in [-0.2, -0.15) is 0 Å². The average molecular weight is 284 g/mol. The predicted octanol–water partition coefficient (Wildman–Crippen LogP) is 2.57. The van der Waals surface area contributed by atoms with E-state index in [2.05, 4.69) is 24.1 Å². The van der Waals surface area contributed by atoms with Crippen LogP contribution >= 0.6 is 0 Å². The highest BCUT2D eigenvalue weighted by atomic mass is 16.5.